The monoisotopic (exact) mass is 148 g/mol. The Balaban J connectivity index is 2.81. The zero-order valence-corrected chi connectivity index (χ0v) is 5.40. The smallest absolute Gasteiger partial charge is 0.255 e. The summed E-state index contributed by atoms with van der Waals surface area (Å²) in [5.74, 6) is 0. The lowest BCUT2D eigenvalue weighted by atomic mass is 10.7. The van der Waals surface area contributed by atoms with Crippen LogP contribution in [-0.4, -0.2) is 16.5 Å². The molecule has 0 radical (unpaired) electrons. The molecule has 0 fully saturated rings. The van der Waals surface area contributed by atoms with E-state index in [0.29, 0.717) is 0 Å². The predicted molar refractivity (Wildman–Crippen MR) is 32.3 cm³/mol. The number of aryl methyl sites for hydroxylation is 1. The van der Waals surface area contributed by atoms with E-state index in [1.54, 1.807) is 0 Å². The first kappa shape index (κ1) is 6.41. The Labute approximate surface area is 54.7 Å². The third-order valence-corrected chi connectivity index (χ3v) is 1.46. The lowest BCUT2D eigenvalue weighted by Crippen LogP contribution is -2.15. The Bertz CT molecular complexity index is 230. The van der Waals surface area contributed by atoms with Crippen molar-refractivity contribution in [1.29, 1.82) is 0 Å². The summed E-state index contributed by atoms with van der Waals surface area (Å²) in [5, 5.41) is 3.59. The molecule has 0 N–H and O–H groups in total. The van der Waals surface area contributed by atoms with Crippen LogP contribution in [-0.2, 0) is 6.54 Å². The van der Waals surface area contributed by atoms with Gasteiger partial charge in [0, 0.05) is 0 Å². The fourth-order valence-electron chi connectivity index (χ4n) is 0.463. The molecule has 0 amide bonds. The van der Waals surface area contributed by atoms with E-state index in [2.05, 4.69) is 5.10 Å². The Morgan fingerprint density at radius 2 is 2.67 bits per heavy atom. The standard InChI is InChI=1S/C4H5FN2OS/c5-1-2-7-4(8)9-3-6-7/h3H,1-2H2. The Kier molecular flexibility index (Phi) is 1.94. The fraction of sp³-hybridized carbons (Fsp3) is 0.500. The summed E-state index contributed by atoms with van der Waals surface area (Å²) in [5.41, 5.74) is 1.40. The molecule has 50 valence electrons. The lowest BCUT2D eigenvalue weighted by Gasteiger charge is -1.88. The molecule has 5 heteroatoms. The summed E-state index contributed by atoms with van der Waals surface area (Å²) in [7, 11) is 0. The van der Waals surface area contributed by atoms with Gasteiger partial charge >= 0.3 is 4.87 Å². The quantitative estimate of drug-likeness (QED) is 0.603. The second-order valence-electron chi connectivity index (χ2n) is 1.42. The molecule has 0 unspecified atom stereocenters. The van der Waals surface area contributed by atoms with E-state index < -0.39 is 6.67 Å². The molecule has 9 heavy (non-hydrogen) atoms. The van der Waals surface area contributed by atoms with Crippen molar-refractivity contribution in [3.63, 3.8) is 0 Å². The second-order valence-corrected chi connectivity index (χ2v) is 2.21. The molecule has 0 spiro atoms. The van der Waals surface area contributed by atoms with Crippen LogP contribution in [0.5, 0.6) is 0 Å². The van der Waals surface area contributed by atoms with Crippen molar-refractivity contribution >= 4 is 11.3 Å². The molecule has 0 aliphatic rings. The van der Waals surface area contributed by atoms with Gasteiger partial charge in [0.2, 0.25) is 0 Å². The number of halogens is 1. The molecule has 0 aliphatic heterocycles. The van der Waals surface area contributed by atoms with Crippen LogP contribution in [0.3, 0.4) is 0 Å². The maximum Gasteiger partial charge on any atom is 0.324 e. The van der Waals surface area contributed by atoms with Gasteiger partial charge in [0.05, 0.1) is 6.54 Å². The molecule has 1 aromatic heterocycles. The highest BCUT2D eigenvalue weighted by Crippen LogP contribution is 1.82. The highest BCUT2D eigenvalue weighted by molar-refractivity contribution is 7.06. The summed E-state index contributed by atoms with van der Waals surface area (Å²) in [6.07, 6.45) is 0. The minimum atomic E-state index is -0.538. The van der Waals surface area contributed by atoms with Gasteiger partial charge in [-0.1, -0.05) is 11.3 Å². The molecule has 3 nitrogen and oxygen atoms in total. The Morgan fingerprint density at radius 3 is 3.11 bits per heavy atom. The predicted octanol–water partition coefficient (Wildman–Crippen LogP) is 0.274. The number of nitrogens with zero attached hydrogens (tertiary/aromatic N) is 2. The number of alkyl halides is 1. The van der Waals surface area contributed by atoms with Crippen LogP contribution >= 0.6 is 11.3 Å². The molecule has 0 aromatic carbocycles. The van der Waals surface area contributed by atoms with Crippen molar-refractivity contribution in [2.75, 3.05) is 6.67 Å². The SMILES string of the molecule is O=c1scnn1CCF. The van der Waals surface area contributed by atoms with Crippen LogP contribution in [0, 0.1) is 0 Å². The number of aromatic nitrogens is 2. The Morgan fingerprint density at radius 1 is 1.89 bits per heavy atom. The molecule has 0 bridgehead atoms. The minimum absolute atomic E-state index is 0.0718. The zero-order chi connectivity index (χ0) is 6.69. The van der Waals surface area contributed by atoms with Crippen molar-refractivity contribution in [2.24, 2.45) is 0 Å². The first-order chi connectivity index (χ1) is 4.34. The molecular formula is C4H5FN2OS. The highest BCUT2D eigenvalue weighted by Gasteiger charge is 1.94. The molecule has 1 aromatic rings. The highest BCUT2D eigenvalue weighted by atomic mass is 32.1. The van der Waals surface area contributed by atoms with Gasteiger partial charge in [-0.15, -0.1) is 0 Å². The van der Waals surface area contributed by atoms with E-state index >= 15 is 0 Å². The number of hydrogen-bond acceptors (Lipinski definition) is 3. The van der Waals surface area contributed by atoms with E-state index in [0.717, 1.165) is 16.0 Å². The van der Waals surface area contributed by atoms with Gasteiger partial charge in [-0.3, -0.25) is 4.79 Å². The number of rotatable bonds is 2. The first-order valence-electron chi connectivity index (χ1n) is 2.41. The Hall–Kier alpha value is -0.710. The topological polar surface area (TPSA) is 34.9 Å². The van der Waals surface area contributed by atoms with Crippen LogP contribution in [0.25, 0.3) is 0 Å². The van der Waals surface area contributed by atoms with Crippen molar-refractivity contribution in [3.05, 3.63) is 15.2 Å². The maximum absolute atomic E-state index is 11.5. The largest absolute Gasteiger partial charge is 0.324 e. The van der Waals surface area contributed by atoms with E-state index in [4.69, 9.17) is 0 Å². The van der Waals surface area contributed by atoms with Gasteiger partial charge in [-0.2, -0.15) is 5.10 Å². The average Bonchev–Trinajstić information content (AvgIpc) is 2.18. The summed E-state index contributed by atoms with van der Waals surface area (Å²) in [6.45, 7) is -0.466. The second kappa shape index (κ2) is 2.72. The minimum Gasteiger partial charge on any atom is -0.255 e. The molecule has 0 saturated heterocycles. The van der Waals surface area contributed by atoms with Gasteiger partial charge in [0.1, 0.15) is 12.2 Å². The first-order valence-corrected chi connectivity index (χ1v) is 3.29. The zero-order valence-electron chi connectivity index (χ0n) is 4.58. The molecule has 0 aliphatic carbocycles. The molecular weight excluding hydrogens is 143 g/mol. The summed E-state index contributed by atoms with van der Waals surface area (Å²) >= 11 is 0.974. The third-order valence-electron chi connectivity index (χ3n) is 0.847. The normalized spacial score (nSPS) is 9.89. The van der Waals surface area contributed by atoms with Crippen molar-refractivity contribution in [1.82, 2.24) is 9.78 Å². The van der Waals surface area contributed by atoms with Crippen molar-refractivity contribution in [3.8, 4) is 0 Å². The van der Waals surface area contributed by atoms with Crippen molar-refractivity contribution in [2.45, 2.75) is 6.54 Å². The maximum atomic E-state index is 11.5. The van der Waals surface area contributed by atoms with Crippen LogP contribution < -0.4 is 4.87 Å². The van der Waals surface area contributed by atoms with Crippen molar-refractivity contribution < 1.29 is 4.39 Å². The third kappa shape index (κ3) is 1.35. The molecule has 0 atom stereocenters. The van der Waals surface area contributed by atoms with Crippen LogP contribution in [0.1, 0.15) is 0 Å². The lowest BCUT2D eigenvalue weighted by molar-refractivity contribution is 0.422. The van der Waals surface area contributed by atoms with Crippen LogP contribution in [0.4, 0.5) is 4.39 Å². The molecule has 1 rings (SSSR count). The van der Waals surface area contributed by atoms with E-state index in [1.165, 1.54) is 5.51 Å². The number of hydrogen-bond donors (Lipinski definition) is 0. The van der Waals surface area contributed by atoms with E-state index in [-0.39, 0.29) is 11.4 Å². The van der Waals surface area contributed by atoms with E-state index in [1.807, 2.05) is 0 Å². The summed E-state index contributed by atoms with van der Waals surface area (Å²) in [4.78, 5) is 10.4. The van der Waals surface area contributed by atoms with Gasteiger partial charge < -0.3 is 0 Å². The van der Waals surface area contributed by atoms with Gasteiger partial charge in [-0.25, -0.2) is 9.07 Å². The van der Waals surface area contributed by atoms with Gasteiger partial charge in [0.15, 0.2) is 0 Å². The fourth-order valence-corrected chi connectivity index (χ4v) is 0.974. The van der Waals surface area contributed by atoms with Gasteiger partial charge in [0.25, 0.3) is 0 Å². The average molecular weight is 148 g/mol. The van der Waals surface area contributed by atoms with Gasteiger partial charge in [-0.05, 0) is 0 Å². The molecule has 1 heterocycles. The van der Waals surface area contributed by atoms with Crippen LogP contribution in [0.15, 0.2) is 10.3 Å². The summed E-state index contributed by atoms with van der Waals surface area (Å²) in [6, 6.07) is 0. The summed E-state index contributed by atoms with van der Waals surface area (Å²) < 4.78 is 12.6. The molecule has 0 saturated carbocycles. The van der Waals surface area contributed by atoms with Crippen LogP contribution in [0.2, 0.25) is 0 Å². The van der Waals surface area contributed by atoms with E-state index in [9.17, 15) is 9.18 Å².